The molecule has 3 aliphatic rings. The minimum absolute atomic E-state index is 0.0625. The van der Waals surface area contributed by atoms with Gasteiger partial charge in [-0.1, -0.05) is 12.8 Å². The fourth-order valence-electron chi connectivity index (χ4n) is 4.56. The van der Waals surface area contributed by atoms with Crippen molar-refractivity contribution in [2.45, 2.75) is 44.3 Å². The first-order chi connectivity index (χ1) is 9.47. The second-order valence-electron chi connectivity index (χ2n) is 6.24. The summed E-state index contributed by atoms with van der Waals surface area (Å²) in [6.45, 7) is 1.68. The molecule has 0 amide bonds. The van der Waals surface area contributed by atoms with E-state index in [0.717, 1.165) is 25.7 Å². The first-order valence-corrected chi connectivity index (χ1v) is 7.01. The lowest BCUT2D eigenvalue weighted by molar-refractivity contribution is -0.0302. The van der Waals surface area contributed by atoms with Crippen molar-refractivity contribution in [2.24, 2.45) is 11.8 Å². The molecule has 4 atom stereocenters. The summed E-state index contributed by atoms with van der Waals surface area (Å²) in [6, 6.07) is 0. The van der Waals surface area contributed by atoms with E-state index in [2.05, 4.69) is 0 Å². The highest BCUT2D eigenvalue weighted by molar-refractivity contribution is 5.45. The molecule has 5 heteroatoms. The van der Waals surface area contributed by atoms with Gasteiger partial charge in [0.15, 0.2) is 23.3 Å². The standard InChI is InChI=1S/C15H14F4O/c1-15-7-5-3-2-4-6(7)14(20-15)8-9(15)11(17)13(19)12(18)10(8)16/h6-7,14H,2-5H2,1H3/t6-,7+,14-,15+/m1/s1. The molecule has 0 N–H and O–H groups in total. The van der Waals surface area contributed by atoms with Crippen molar-refractivity contribution in [3.63, 3.8) is 0 Å². The predicted octanol–water partition coefficient (Wildman–Crippen LogP) is 4.35. The summed E-state index contributed by atoms with van der Waals surface area (Å²) in [7, 11) is 0. The largest absolute Gasteiger partial charge is 0.362 e. The fourth-order valence-corrected chi connectivity index (χ4v) is 4.56. The van der Waals surface area contributed by atoms with Crippen LogP contribution < -0.4 is 0 Å². The molecule has 1 nitrogen and oxygen atoms in total. The van der Waals surface area contributed by atoms with Gasteiger partial charge in [0.05, 0.1) is 11.7 Å². The highest BCUT2D eigenvalue weighted by Gasteiger charge is 2.62. The van der Waals surface area contributed by atoms with E-state index in [0.29, 0.717) is 0 Å². The van der Waals surface area contributed by atoms with Gasteiger partial charge < -0.3 is 4.74 Å². The van der Waals surface area contributed by atoms with Crippen molar-refractivity contribution in [1.29, 1.82) is 0 Å². The molecule has 1 saturated heterocycles. The van der Waals surface area contributed by atoms with Gasteiger partial charge in [0.2, 0.25) is 0 Å². The first-order valence-electron chi connectivity index (χ1n) is 7.01. The Balaban J connectivity index is 2.00. The lowest BCUT2D eigenvalue weighted by Crippen LogP contribution is -2.36. The van der Waals surface area contributed by atoms with Gasteiger partial charge in [-0.05, 0) is 31.6 Å². The molecule has 108 valence electrons. The molecule has 0 aromatic heterocycles. The predicted molar refractivity (Wildman–Crippen MR) is 62.9 cm³/mol. The van der Waals surface area contributed by atoms with Gasteiger partial charge in [0.25, 0.3) is 0 Å². The van der Waals surface area contributed by atoms with E-state index in [-0.39, 0.29) is 23.0 Å². The van der Waals surface area contributed by atoms with Crippen LogP contribution in [0, 0.1) is 35.1 Å². The number of rotatable bonds is 0. The Kier molecular flexibility index (Phi) is 2.37. The van der Waals surface area contributed by atoms with Crippen molar-refractivity contribution in [3.8, 4) is 0 Å². The van der Waals surface area contributed by atoms with Crippen LogP contribution in [-0.4, -0.2) is 0 Å². The molecule has 0 radical (unpaired) electrons. The molecule has 0 spiro atoms. The average molecular weight is 286 g/mol. The molecule has 2 heterocycles. The SMILES string of the molecule is C[C@@]12O[C@@H](c3c(F)c(F)c(F)c(F)c31)[C@@H]1CCCC[C@@H]12. The Hall–Kier alpha value is -1.10. The molecule has 1 aromatic carbocycles. The molecule has 0 unspecified atom stereocenters. The third kappa shape index (κ3) is 1.23. The lowest BCUT2D eigenvalue weighted by Gasteiger charge is -2.38. The summed E-state index contributed by atoms with van der Waals surface area (Å²) in [6.07, 6.45) is 3.11. The van der Waals surface area contributed by atoms with Gasteiger partial charge in [0, 0.05) is 11.1 Å². The Morgan fingerprint density at radius 1 is 0.950 bits per heavy atom. The maximum atomic E-state index is 14.1. The van der Waals surface area contributed by atoms with Crippen LogP contribution >= 0.6 is 0 Å². The molecule has 1 aromatic rings. The lowest BCUT2D eigenvalue weighted by atomic mass is 9.63. The number of ether oxygens (including phenoxy) is 1. The summed E-state index contributed by atoms with van der Waals surface area (Å²) < 4.78 is 61.0. The minimum atomic E-state index is -1.73. The molecular formula is C15H14F4O. The number of fused-ring (bicyclic) bond motifs is 8. The second-order valence-corrected chi connectivity index (χ2v) is 6.24. The van der Waals surface area contributed by atoms with Crippen molar-refractivity contribution >= 4 is 0 Å². The normalized spacial score (nSPS) is 38.0. The van der Waals surface area contributed by atoms with Gasteiger partial charge in [-0.3, -0.25) is 0 Å². The van der Waals surface area contributed by atoms with Gasteiger partial charge >= 0.3 is 0 Å². The summed E-state index contributed by atoms with van der Waals surface area (Å²) in [5, 5.41) is 0. The molecule has 2 aliphatic heterocycles. The summed E-state index contributed by atoms with van der Waals surface area (Å²) in [5.41, 5.74) is -1.21. The van der Waals surface area contributed by atoms with Crippen molar-refractivity contribution in [1.82, 2.24) is 0 Å². The molecule has 1 aliphatic carbocycles. The number of halogens is 4. The zero-order valence-corrected chi connectivity index (χ0v) is 11.0. The zero-order valence-electron chi connectivity index (χ0n) is 11.0. The zero-order chi connectivity index (χ0) is 14.2. The fraction of sp³-hybridized carbons (Fsp3) is 0.600. The molecule has 1 saturated carbocycles. The van der Waals surface area contributed by atoms with Crippen LogP contribution in [0.25, 0.3) is 0 Å². The molecule has 4 rings (SSSR count). The van der Waals surface area contributed by atoms with E-state index in [4.69, 9.17) is 4.74 Å². The van der Waals surface area contributed by atoms with Crippen LogP contribution in [0.4, 0.5) is 17.6 Å². The van der Waals surface area contributed by atoms with Crippen LogP contribution in [0.1, 0.15) is 49.8 Å². The van der Waals surface area contributed by atoms with Gasteiger partial charge in [-0.15, -0.1) is 0 Å². The Morgan fingerprint density at radius 2 is 1.60 bits per heavy atom. The first kappa shape index (κ1) is 12.6. The second kappa shape index (κ2) is 3.75. The third-order valence-electron chi connectivity index (χ3n) is 5.37. The van der Waals surface area contributed by atoms with Crippen molar-refractivity contribution < 1.29 is 22.3 Å². The summed E-state index contributed by atoms with van der Waals surface area (Å²) >= 11 is 0. The molecule has 2 fully saturated rings. The average Bonchev–Trinajstić information content (AvgIpc) is 2.92. The Morgan fingerprint density at radius 3 is 2.35 bits per heavy atom. The highest BCUT2D eigenvalue weighted by Crippen LogP contribution is 2.65. The monoisotopic (exact) mass is 286 g/mol. The minimum Gasteiger partial charge on any atom is -0.362 e. The van der Waals surface area contributed by atoms with Crippen LogP contribution in [0.3, 0.4) is 0 Å². The summed E-state index contributed by atoms with van der Waals surface area (Å²) in [4.78, 5) is 0. The van der Waals surface area contributed by atoms with Gasteiger partial charge in [-0.2, -0.15) is 0 Å². The smallest absolute Gasteiger partial charge is 0.197 e. The van der Waals surface area contributed by atoms with Crippen LogP contribution in [0.2, 0.25) is 0 Å². The molecule has 2 bridgehead atoms. The highest BCUT2D eigenvalue weighted by atomic mass is 19.2. The molecular weight excluding hydrogens is 272 g/mol. The van der Waals surface area contributed by atoms with E-state index in [1.54, 1.807) is 6.92 Å². The Labute approximate surface area is 113 Å². The van der Waals surface area contributed by atoms with Crippen LogP contribution in [0.5, 0.6) is 0 Å². The van der Waals surface area contributed by atoms with E-state index < -0.39 is 35.0 Å². The number of benzene rings is 1. The maximum absolute atomic E-state index is 14.1. The Bertz CT molecular complexity index is 615. The maximum Gasteiger partial charge on any atom is 0.197 e. The van der Waals surface area contributed by atoms with Crippen LogP contribution in [-0.2, 0) is 10.3 Å². The van der Waals surface area contributed by atoms with Crippen molar-refractivity contribution in [2.75, 3.05) is 0 Å². The third-order valence-corrected chi connectivity index (χ3v) is 5.37. The van der Waals surface area contributed by atoms with E-state index in [9.17, 15) is 17.6 Å². The molecule has 20 heavy (non-hydrogen) atoms. The number of hydrogen-bond donors (Lipinski definition) is 0. The van der Waals surface area contributed by atoms with E-state index in [1.165, 1.54) is 0 Å². The quantitative estimate of drug-likeness (QED) is 0.391. The van der Waals surface area contributed by atoms with E-state index >= 15 is 0 Å². The van der Waals surface area contributed by atoms with Crippen molar-refractivity contribution in [3.05, 3.63) is 34.4 Å². The van der Waals surface area contributed by atoms with Gasteiger partial charge in [-0.25, -0.2) is 17.6 Å². The topological polar surface area (TPSA) is 9.23 Å². The number of hydrogen-bond acceptors (Lipinski definition) is 1. The summed E-state index contributed by atoms with van der Waals surface area (Å²) in [5.74, 6) is -5.88. The van der Waals surface area contributed by atoms with Gasteiger partial charge in [0.1, 0.15) is 0 Å². The van der Waals surface area contributed by atoms with E-state index in [1.807, 2.05) is 0 Å². The van der Waals surface area contributed by atoms with Crippen LogP contribution in [0.15, 0.2) is 0 Å².